The smallest absolute Gasteiger partial charge is 0.290 e. The minimum Gasteiger partial charge on any atom is -0.328 e. The van der Waals surface area contributed by atoms with Crippen LogP contribution in [0.25, 0.3) is 0 Å². The lowest BCUT2D eigenvalue weighted by atomic mass is 9.93. The fourth-order valence-corrected chi connectivity index (χ4v) is 4.45. The summed E-state index contributed by atoms with van der Waals surface area (Å²) in [7, 11) is -3.94. The number of nitrogens with zero attached hydrogens (tertiary/aromatic N) is 2. The van der Waals surface area contributed by atoms with Gasteiger partial charge >= 0.3 is 0 Å². The number of nitrogens with two attached hydrogens (primary N) is 1. The zero-order valence-corrected chi connectivity index (χ0v) is 13.7. The number of hydrogen-bond donors (Lipinski definition) is 1. The van der Waals surface area contributed by atoms with Gasteiger partial charge in [0.05, 0.1) is 4.92 Å². The van der Waals surface area contributed by atoms with Crippen molar-refractivity contribution in [2.75, 3.05) is 13.1 Å². The van der Waals surface area contributed by atoms with Gasteiger partial charge in [-0.05, 0) is 37.8 Å². The summed E-state index contributed by atoms with van der Waals surface area (Å²) in [5.74, 6) is 0.0508. The van der Waals surface area contributed by atoms with Crippen molar-refractivity contribution in [1.82, 2.24) is 4.31 Å². The van der Waals surface area contributed by atoms with Gasteiger partial charge in [0.25, 0.3) is 5.69 Å². The van der Waals surface area contributed by atoms with Crippen LogP contribution in [0.5, 0.6) is 0 Å². The second kappa shape index (κ2) is 6.49. The van der Waals surface area contributed by atoms with E-state index in [0.29, 0.717) is 13.0 Å². The summed E-state index contributed by atoms with van der Waals surface area (Å²) in [6.45, 7) is 2.46. The Kier molecular flexibility index (Phi) is 5.06. The monoisotopic (exact) mass is 347 g/mol. The molecule has 122 valence electrons. The van der Waals surface area contributed by atoms with Crippen molar-refractivity contribution < 1.29 is 13.3 Å². The Bertz CT molecular complexity index is 678. The van der Waals surface area contributed by atoms with Crippen LogP contribution in [0, 0.1) is 16.0 Å². The van der Waals surface area contributed by atoms with Crippen molar-refractivity contribution in [2.45, 2.75) is 30.7 Å². The predicted molar refractivity (Wildman–Crippen MR) is 83.2 cm³/mol. The Hall–Kier alpha value is -1.22. The molecule has 1 saturated heterocycles. The zero-order valence-electron chi connectivity index (χ0n) is 12.1. The van der Waals surface area contributed by atoms with Crippen molar-refractivity contribution in [3.63, 3.8) is 0 Å². The lowest BCUT2D eigenvalue weighted by Crippen LogP contribution is -2.45. The van der Waals surface area contributed by atoms with Crippen LogP contribution in [-0.4, -0.2) is 36.8 Å². The van der Waals surface area contributed by atoms with Crippen LogP contribution in [0.4, 0.5) is 5.69 Å². The van der Waals surface area contributed by atoms with Crippen LogP contribution in [-0.2, 0) is 10.0 Å². The maximum Gasteiger partial charge on any atom is 0.290 e. The highest BCUT2D eigenvalue weighted by atomic mass is 35.5. The molecule has 7 nitrogen and oxygen atoms in total. The van der Waals surface area contributed by atoms with Crippen molar-refractivity contribution in [3.8, 4) is 0 Å². The second-order valence-electron chi connectivity index (χ2n) is 5.49. The molecular formula is C13H18ClN3O4S. The van der Waals surface area contributed by atoms with E-state index in [1.165, 1.54) is 16.4 Å². The lowest BCUT2D eigenvalue weighted by Gasteiger charge is -2.33. The fourth-order valence-electron chi connectivity index (χ4n) is 2.61. The summed E-state index contributed by atoms with van der Waals surface area (Å²) in [6.07, 6.45) is 1.54. The molecule has 0 aliphatic carbocycles. The molecule has 0 saturated carbocycles. The van der Waals surface area contributed by atoms with Gasteiger partial charge in [-0.2, -0.15) is 4.31 Å². The summed E-state index contributed by atoms with van der Waals surface area (Å²) in [5.41, 5.74) is 5.36. The minimum absolute atomic E-state index is 0.0508. The van der Waals surface area contributed by atoms with Gasteiger partial charge in [-0.1, -0.05) is 11.6 Å². The van der Waals surface area contributed by atoms with E-state index in [0.717, 1.165) is 12.5 Å². The summed E-state index contributed by atoms with van der Waals surface area (Å²) in [4.78, 5) is 10.1. The number of rotatable bonds is 4. The quantitative estimate of drug-likeness (QED) is 0.662. The molecule has 1 aromatic rings. The standard InChI is InChI=1S/C13H18ClN3O4S/c1-9(15)10-3-2-6-16(8-10)22(20,21)13-5-4-11(14)7-12(13)17(18)19/h4-5,7,9-10H,2-3,6,8,15H2,1H3. The highest BCUT2D eigenvalue weighted by molar-refractivity contribution is 7.89. The molecule has 2 N–H and O–H groups in total. The largest absolute Gasteiger partial charge is 0.328 e. The maximum absolute atomic E-state index is 12.7. The molecule has 9 heteroatoms. The molecule has 0 bridgehead atoms. The molecule has 2 unspecified atom stereocenters. The van der Waals surface area contributed by atoms with Crippen LogP contribution in [0.3, 0.4) is 0 Å². The van der Waals surface area contributed by atoms with Crippen LogP contribution in [0.15, 0.2) is 23.1 Å². The molecule has 1 heterocycles. The van der Waals surface area contributed by atoms with E-state index in [4.69, 9.17) is 17.3 Å². The van der Waals surface area contributed by atoms with E-state index in [2.05, 4.69) is 0 Å². The van der Waals surface area contributed by atoms with Crippen molar-refractivity contribution in [3.05, 3.63) is 33.3 Å². The van der Waals surface area contributed by atoms with E-state index in [1.54, 1.807) is 0 Å². The third-order valence-electron chi connectivity index (χ3n) is 3.90. The van der Waals surface area contributed by atoms with Gasteiger partial charge in [-0.15, -0.1) is 0 Å². The van der Waals surface area contributed by atoms with Crippen LogP contribution in [0.1, 0.15) is 19.8 Å². The van der Waals surface area contributed by atoms with Gasteiger partial charge in [-0.25, -0.2) is 8.42 Å². The molecule has 0 amide bonds. The number of halogens is 1. The molecule has 1 aromatic carbocycles. The van der Waals surface area contributed by atoms with Crippen LogP contribution in [0.2, 0.25) is 5.02 Å². The van der Waals surface area contributed by atoms with E-state index in [1.807, 2.05) is 6.92 Å². The number of nitro benzene ring substituents is 1. The molecule has 2 atom stereocenters. The lowest BCUT2D eigenvalue weighted by molar-refractivity contribution is -0.387. The first-order valence-corrected chi connectivity index (χ1v) is 8.75. The SMILES string of the molecule is CC(N)C1CCCN(S(=O)(=O)c2ccc(Cl)cc2[N+](=O)[O-])C1. The number of piperidine rings is 1. The van der Waals surface area contributed by atoms with Crippen molar-refractivity contribution in [2.24, 2.45) is 11.7 Å². The topological polar surface area (TPSA) is 107 Å². The number of sulfonamides is 1. The van der Waals surface area contributed by atoms with Gasteiger partial charge in [-0.3, -0.25) is 10.1 Å². The molecule has 0 spiro atoms. The minimum atomic E-state index is -3.94. The number of benzene rings is 1. The van der Waals surface area contributed by atoms with Gasteiger partial charge in [0.2, 0.25) is 10.0 Å². The maximum atomic E-state index is 12.7. The first-order chi connectivity index (χ1) is 10.2. The van der Waals surface area contributed by atoms with E-state index in [-0.39, 0.29) is 28.4 Å². The Balaban J connectivity index is 2.40. The van der Waals surface area contributed by atoms with E-state index < -0.39 is 20.6 Å². The average Bonchev–Trinajstić information content (AvgIpc) is 2.46. The highest BCUT2D eigenvalue weighted by Gasteiger charge is 2.35. The molecule has 1 fully saturated rings. The summed E-state index contributed by atoms with van der Waals surface area (Å²) < 4.78 is 26.7. The predicted octanol–water partition coefficient (Wildman–Crippen LogP) is 2.00. The summed E-state index contributed by atoms with van der Waals surface area (Å²) in [6, 6.07) is 3.46. The summed E-state index contributed by atoms with van der Waals surface area (Å²) >= 11 is 5.73. The van der Waals surface area contributed by atoms with E-state index in [9.17, 15) is 18.5 Å². The third-order valence-corrected chi connectivity index (χ3v) is 6.05. The normalized spacial score (nSPS) is 21.5. The van der Waals surface area contributed by atoms with Gasteiger partial charge in [0.15, 0.2) is 4.90 Å². The summed E-state index contributed by atoms with van der Waals surface area (Å²) in [5, 5.41) is 11.2. The number of nitro groups is 1. The highest BCUT2D eigenvalue weighted by Crippen LogP contribution is 2.32. The molecule has 22 heavy (non-hydrogen) atoms. The Morgan fingerprint density at radius 2 is 2.18 bits per heavy atom. The van der Waals surface area contributed by atoms with Gasteiger partial charge in [0, 0.05) is 30.2 Å². The molecule has 1 aliphatic heterocycles. The molecule has 0 radical (unpaired) electrons. The van der Waals surface area contributed by atoms with Crippen LogP contribution >= 0.6 is 11.6 Å². The second-order valence-corrected chi connectivity index (χ2v) is 7.84. The van der Waals surface area contributed by atoms with E-state index >= 15 is 0 Å². The first-order valence-electron chi connectivity index (χ1n) is 6.93. The first kappa shape index (κ1) is 17.1. The Morgan fingerprint density at radius 3 is 2.77 bits per heavy atom. The fraction of sp³-hybridized carbons (Fsp3) is 0.538. The van der Waals surface area contributed by atoms with Crippen molar-refractivity contribution >= 4 is 27.3 Å². The molecule has 1 aliphatic rings. The molecule has 0 aromatic heterocycles. The zero-order chi connectivity index (χ0) is 16.5. The van der Waals surface area contributed by atoms with Gasteiger partial charge < -0.3 is 5.73 Å². The van der Waals surface area contributed by atoms with Gasteiger partial charge in [0.1, 0.15) is 0 Å². The third kappa shape index (κ3) is 3.40. The van der Waals surface area contributed by atoms with Crippen molar-refractivity contribution in [1.29, 1.82) is 0 Å². The Morgan fingerprint density at radius 1 is 1.50 bits per heavy atom. The van der Waals surface area contributed by atoms with Crippen LogP contribution < -0.4 is 5.73 Å². The molecular weight excluding hydrogens is 330 g/mol. The molecule has 2 rings (SSSR count). The number of hydrogen-bond acceptors (Lipinski definition) is 5. The Labute approximate surface area is 134 Å². The average molecular weight is 348 g/mol.